The van der Waals surface area contributed by atoms with Gasteiger partial charge in [0.2, 0.25) is 0 Å². The first kappa shape index (κ1) is 17.1. The minimum Gasteiger partial charge on any atom is -0.482 e. The van der Waals surface area contributed by atoms with E-state index < -0.39 is 5.91 Å². The molecule has 0 saturated heterocycles. The molecule has 0 bridgehead atoms. The van der Waals surface area contributed by atoms with Gasteiger partial charge in [-0.3, -0.25) is 4.79 Å². The van der Waals surface area contributed by atoms with Gasteiger partial charge in [0.15, 0.2) is 6.61 Å². The van der Waals surface area contributed by atoms with E-state index in [1.807, 2.05) is 12.1 Å². The number of anilines is 1. The van der Waals surface area contributed by atoms with Crippen molar-refractivity contribution >= 4 is 40.5 Å². The van der Waals surface area contributed by atoms with Gasteiger partial charge in [-0.2, -0.15) is 5.10 Å². The Bertz CT molecular complexity index is 731. The van der Waals surface area contributed by atoms with Crippen LogP contribution in [-0.2, 0) is 4.79 Å². The number of ether oxygens (including phenoxy) is 1. The summed E-state index contributed by atoms with van der Waals surface area (Å²) >= 11 is 11.7. The highest BCUT2D eigenvalue weighted by Gasteiger charge is 2.06. The summed E-state index contributed by atoms with van der Waals surface area (Å²) in [4.78, 5) is 11.8. The summed E-state index contributed by atoms with van der Waals surface area (Å²) in [6.07, 6.45) is 0. The number of carbonyl (C=O) groups is 1. The van der Waals surface area contributed by atoms with Crippen LogP contribution in [0.1, 0.15) is 12.5 Å². The van der Waals surface area contributed by atoms with Crippen molar-refractivity contribution < 1.29 is 9.53 Å². The molecular formula is C16H15Cl2N3O2. The summed E-state index contributed by atoms with van der Waals surface area (Å²) in [5.74, 6) is -0.0173. The number of hydrogen-bond acceptors (Lipinski definition) is 4. The lowest BCUT2D eigenvalue weighted by molar-refractivity contribution is -0.123. The average Bonchev–Trinajstić information content (AvgIpc) is 2.52. The highest BCUT2D eigenvalue weighted by molar-refractivity contribution is 6.35. The van der Waals surface area contributed by atoms with Crippen LogP contribution in [0.2, 0.25) is 10.0 Å². The molecule has 1 amide bonds. The zero-order chi connectivity index (χ0) is 16.8. The third kappa shape index (κ3) is 5.16. The van der Waals surface area contributed by atoms with Crippen molar-refractivity contribution in [1.82, 2.24) is 5.43 Å². The largest absolute Gasteiger partial charge is 0.482 e. The molecule has 120 valence electrons. The predicted molar refractivity (Wildman–Crippen MR) is 93.2 cm³/mol. The molecule has 5 nitrogen and oxygen atoms in total. The molecule has 0 aliphatic heterocycles. The molecule has 0 fully saturated rings. The maximum Gasteiger partial charge on any atom is 0.277 e. The number of nitrogens with one attached hydrogen (secondary N) is 1. The monoisotopic (exact) mass is 351 g/mol. The van der Waals surface area contributed by atoms with Gasteiger partial charge in [0, 0.05) is 10.7 Å². The summed E-state index contributed by atoms with van der Waals surface area (Å²) < 4.78 is 5.32. The Morgan fingerprint density at radius 2 is 1.91 bits per heavy atom. The Kier molecular flexibility index (Phi) is 5.84. The molecule has 0 aromatic heterocycles. The molecule has 0 saturated carbocycles. The predicted octanol–water partition coefficient (Wildman–Crippen LogP) is 3.49. The van der Waals surface area contributed by atoms with E-state index in [0.29, 0.717) is 27.2 Å². The van der Waals surface area contributed by atoms with Crippen LogP contribution in [0.15, 0.2) is 47.6 Å². The fraction of sp³-hybridized carbons (Fsp3) is 0.125. The van der Waals surface area contributed by atoms with Crippen LogP contribution in [0.3, 0.4) is 0 Å². The van der Waals surface area contributed by atoms with Crippen LogP contribution < -0.4 is 15.9 Å². The summed E-state index contributed by atoms with van der Waals surface area (Å²) in [5, 5.41) is 4.85. The van der Waals surface area contributed by atoms with Crippen LogP contribution in [0.25, 0.3) is 0 Å². The first-order valence-electron chi connectivity index (χ1n) is 6.72. The lowest BCUT2D eigenvalue weighted by Crippen LogP contribution is -2.25. The van der Waals surface area contributed by atoms with Gasteiger partial charge in [0.1, 0.15) is 5.75 Å². The summed E-state index contributed by atoms with van der Waals surface area (Å²) in [6.45, 7) is 1.57. The molecule has 0 aliphatic carbocycles. The second kappa shape index (κ2) is 7.85. The van der Waals surface area contributed by atoms with E-state index in [0.717, 1.165) is 5.56 Å². The lowest BCUT2D eigenvalue weighted by Gasteiger charge is -2.07. The van der Waals surface area contributed by atoms with Gasteiger partial charge < -0.3 is 10.5 Å². The molecular weight excluding hydrogens is 337 g/mol. The number of nitrogen functional groups attached to an aromatic ring is 1. The van der Waals surface area contributed by atoms with Crippen LogP contribution in [0.4, 0.5) is 5.69 Å². The van der Waals surface area contributed by atoms with E-state index in [-0.39, 0.29) is 6.61 Å². The number of nitrogens with zero attached hydrogens (tertiary/aromatic N) is 1. The molecule has 0 spiro atoms. The quantitative estimate of drug-likeness (QED) is 0.491. The minimum absolute atomic E-state index is 0.208. The number of amides is 1. The van der Waals surface area contributed by atoms with Crippen molar-refractivity contribution in [2.24, 2.45) is 5.10 Å². The lowest BCUT2D eigenvalue weighted by atomic mass is 10.1. The molecule has 3 N–H and O–H groups in total. The van der Waals surface area contributed by atoms with Crippen molar-refractivity contribution in [3.8, 4) is 5.75 Å². The topological polar surface area (TPSA) is 76.7 Å². The number of rotatable bonds is 5. The summed E-state index contributed by atoms with van der Waals surface area (Å²) in [7, 11) is 0. The van der Waals surface area contributed by atoms with E-state index in [1.165, 1.54) is 0 Å². The number of halogens is 2. The number of carbonyl (C=O) groups excluding carboxylic acids is 1. The van der Waals surface area contributed by atoms with Gasteiger partial charge >= 0.3 is 0 Å². The molecule has 2 aromatic carbocycles. The van der Waals surface area contributed by atoms with Gasteiger partial charge in [0.05, 0.1) is 10.7 Å². The first-order chi connectivity index (χ1) is 11.0. The minimum atomic E-state index is -0.397. The summed E-state index contributed by atoms with van der Waals surface area (Å²) in [5.41, 5.74) is 10.2. The molecule has 7 heteroatoms. The Labute approximate surface area is 144 Å². The molecule has 0 unspecified atom stereocenters. The standard InChI is InChI=1S/C16H15Cl2N3O2/c1-10(11-2-5-13(19)6-3-11)20-21-16(22)9-23-15-7-4-12(17)8-14(15)18/h2-8H,9,19H2,1H3,(H,21,22). The third-order valence-electron chi connectivity index (χ3n) is 2.93. The van der Waals surface area contributed by atoms with Crippen LogP contribution in [0, 0.1) is 0 Å². The SMILES string of the molecule is CC(=NNC(=O)COc1ccc(Cl)cc1Cl)c1ccc(N)cc1. The summed E-state index contributed by atoms with van der Waals surface area (Å²) in [6, 6.07) is 11.9. The molecule has 0 heterocycles. The average molecular weight is 352 g/mol. The Hall–Kier alpha value is -2.24. The second-order valence-corrected chi connectivity index (χ2v) is 5.56. The Morgan fingerprint density at radius 1 is 1.22 bits per heavy atom. The first-order valence-corrected chi connectivity index (χ1v) is 7.48. The molecule has 0 aliphatic rings. The van der Waals surface area contributed by atoms with Gasteiger partial charge in [-0.15, -0.1) is 0 Å². The smallest absolute Gasteiger partial charge is 0.277 e. The maximum atomic E-state index is 11.8. The maximum absolute atomic E-state index is 11.8. The Balaban J connectivity index is 1.89. The number of benzene rings is 2. The molecule has 2 aromatic rings. The normalized spacial score (nSPS) is 11.2. The zero-order valence-corrected chi connectivity index (χ0v) is 13.9. The molecule has 23 heavy (non-hydrogen) atoms. The second-order valence-electron chi connectivity index (χ2n) is 4.72. The van der Waals surface area contributed by atoms with Crippen LogP contribution in [0.5, 0.6) is 5.75 Å². The zero-order valence-electron chi connectivity index (χ0n) is 12.3. The fourth-order valence-corrected chi connectivity index (χ4v) is 2.17. The van der Waals surface area contributed by atoms with E-state index in [1.54, 1.807) is 37.3 Å². The highest BCUT2D eigenvalue weighted by atomic mass is 35.5. The third-order valence-corrected chi connectivity index (χ3v) is 3.46. The van der Waals surface area contributed by atoms with Crippen LogP contribution in [-0.4, -0.2) is 18.2 Å². The number of hydrogen-bond donors (Lipinski definition) is 2. The van der Waals surface area contributed by atoms with Gasteiger partial charge in [-0.05, 0) is 42.8 Å². The van der Waals surface area contributed by atoms with Crippen molar-refractivity contribution in [3.05, 3.63) is 58.1 Å². The van der Waals surface area contributed by atoms with Crippen LogP contribution >= 0.6 is 23.2 Å². The van der Waals surface area contributed by atoms with E-state index in [9.17, 15) is 4.79 Å². The van der Waals surface area contributed by atoms with E-state index in [2.05, 4.69) is 10.5 Å². The Morgan fingerprint density at radius 3 is 2.57 bits per heavy atom. The van der Waals surface area contributed by atoms with Gasteiger partial charge in [-0.1, -0.05) is 35.3 Å². The number of hydrazone groups is 1. The van der Waals surface area contributed by atoms with Crippen molar-refractivity contribution in [2.75, 3.05) is 12.3 Å². The molecule has 2 rings (SSSR count). The van der Waals surface area contributed by atoms with Crippen molar-refractivity contribution in [3.63, 3.8) is 0 Å². The fourth-order valence-electron chi connectivity index (χ4n) is 1.70. The van der Waals surface area contributed by atoms with Gasteiger partial charge in [-0.25, -0.2) is 5.43 Å². The van der Waals surface area contributed by atoms with Crippen molar-refractivity contribution in [1.29, 1.82) is 0 Å². The highest BCUT2D eigenvalue weighted by Crippen LogP contribution is 2.27. The van der Waals surface area contributed by atoms with E-state index >= 15 is 0 Å². The number of nitrogens with two attached hydrogens (primary N) is 1. The van der Waals surface area contributed by atoms with Gasteiger partial charge in [0.25, 0.3) is 5.91 Å². The van der Waals surface area contributed by atoms with E-state index in [4.69, 9.17) is 33.7 Å². The van der Waals surface area contributed by atoms with Crippen molar-refractivity contribution in [2.45, 2.75) is 6.92 Å². The molecule has 0 radical (unpaired) electrons. The molecule has 0 atom stereocenters.